The Morgan fingerprint density at radius 1 is 0.808 bits per heavy atom. The molecule has 1 aliphatic rings. The number of ether oxygens (including phenoxy) is 1. The largest absolute Gasteiger partial charge is 0.394 e. The van der Waals surface area contributed by atoms with Crippen molar-refractivity contribution in [3.05, 3.63) is 0 Å². The van der Waals surface area contributed by atoms with Crippen LogP contribution in [0.2, 0.25) is 0 Å². The van der Waals surface area contributed by atoms with Crippen LogP contribution in [0.15, 0.2) is 0 Å². The van der Waals surface area contributed by atoms with Gasteiger partial charge in [0.15, 0.2) is 6.29 Å². The predicted molar refractivity (Wildman–Crippen MR) is 106 cm³/mol. The molecule has 1 rings (SSSR count). The van der Waals surface area contributed by atoms with Gasteiger partial charge in [0.25, 0.3) is 0 Å². The first-order chi connectivity index (χ1) is 12.0. The first kappa shape index (κ1) is 28.2. The van der Waals surface area contributed by atoms with E-state index in [0.29, 0.717) is 0 Å². The molecule has 1 aliphatic heterocycles. The molecule has 0 amide bonds. The molecule has 7 nitrogen and oxygen atoms in total. The van der Waals surface area contributed by atoms with Crippen LogP contribution in [0.3, 0.4) is 0 Å². The van der Waals surface area contributed by atoms with Gasteiger partial charge < -0.3 is 36.6 Å². The number of hydrogen-bond donors (Lipinski definition) is 6. The second-order valence-electron chi connectivity index (χ2n) is 6.78. The number of aliphatic hydroxyl groups excluding tert-OH is 4. The van der Waals surface area contributed by atoms with Crippen molar-refractivity contribution < 1.29 is 25.2 Å². The molecule has 8 N–H and O–H groups in total. The molecule has 0 aromatic carbocycles. The van der Waals surface area contributed by atoms with Crippen molar-refractivity contribution in [2.24, 2.45) is 11.5 Å². The Hall–Kier alpha value is 0.01000. The highest BCUT2D eigenvalue weighted by molar-refractivity contribution is 5.85. The molecule has 26 heavy (non-hydrogen) atoms. The molecule has 1 heterocycles. The number of aliphatic hydroxyl groups is 4. The van der Waals surface area contributed by atoms with Crippen molar-refractivity contribution in [3.8, 4) is 0 Å². The predicted octanol–water partition coefficient (Wildman–Crippen LogP) is 1.03. The van der Waals surface area contributed by atoms with Crippen LogP contribution >= 0.6 is 12.4 Å². The molecule has 0 bridgehead atoms. The Kier molecular flexibility index (Phi) is 19.9. The zero-order valence-electron chi connectivity index (χ0n) is 16.1. The van der Waals surface area contributed by atoms with Crippen molar-refractivity contribution in [3.63, 3.8) is 0 Å². The van der Waals surface area contributed by atoms with E-state index in [9.17, 15) is 10.2 Å². The summed E-state index contributed by atoms with van der Waals surface area (Å²) < 4.78 is 4.70. The lowest BCUT2D eigenvalue weighted by Crippen LogP contribution is -2.61. The van der Waals surface area contributed by atoms with E-state index in [2.05, 4.69) is 6.92 Å². The molecule has 0 aliphatic carbocycles. The molecule has 1 saturated heterocycles. The van der Waals surface area contributed by atoms with Gasteiger partial charge in [-0.3, -0.25) is 0 Å². The van der Waals surface area contributed by atoms with Crippen LogP contribution in [0, 0.1) is 0 Å². The summed E-state index contributed by atoms with van der Waals surface area (Å²) in [5, 5.41) is 36.1. The van der Waals surface area contributed by atoms with Crippen LogP contribution in [0.4, 0.5) is 0 Å². The van der Waals surface area contributed by atoms with Crippen molar-refractivity contribution in [1.82, 2.24) is 0 Å². The molecule has 160 valence electrons. The quantitative estimate of drug-likeness (QED) is 0.284. The van der Waals surface area contributed by atoms with Crippen LogP contribution in [0.1, 0.15) is 71.1 Å². The summed E-state index contributed by atoms with van der Waals surface area (Å²) >= 11 is 0. The zero-order chi connectivity index (χ0) is 19.1. The number of hydrogen-bond acceptors (Lipinski definition) is 7. The molecule has 1 fully saturated rings. The fourth-order valence-corrected chi connectivity index (χ4v) is 2.75. The normalized spacial score (nSPS) is 28.0. The van der Waals surface area contributed by atoms with E-state index in [-0.39, 0.29) is 12.4 Å². The molecular weight excluding hydrogens is 360 g/mol. The van der Waals surface area contributed by atoms with E-state index in [1.165, 1.54) is 64.2 Å². The van der Waals surface area contributed by atoms with Gasteiger partial charge in [-0.2, -0.15) is 0 Å². The molecule has 0 spiro atoms. The van der Waals surface area contributed by atoms with Crippen LogP contribution in [0.25, 0.3) is 0 Å². The standard InChI is InChI=1S/C12H27N.C6H13NO5.ClH/c1-2-3-4-5-6-7-8-9-10-11-12-13;7-3-5(10)4(9)2(1-8)12-6(3)11;/h2-13H2,1H3;2-6,8-11H,1,7H2;1H/t;2-,3-,4-,5-,6?;/m.1./s1. The third-order valence-corrected chi connectivity index (χ3v) is 4.51. The van der Waals surface area contributed by atoms with Crippen molar-refractivity contribution in [1.29, 1.82) is 0 Å². The Bertz CT molecular complexity index is 288. The SMILES string of the molecule is CCCCCCCCCCCCN.Cl.N[C@H]1C(O)O[C@H](CO)[C@@H](O)[C@@H]1O. The molecular formula is C18H41ClN2O5. The molecule has 0 aromatic heterocycles. The van der Waals surface area contributed by atoms with Gasteiger partial charge in [0.05, 0.1) is 12.6 Å². The van der Waals surface area contributed by atoms with Crippen LogP contribution in [-0.4, -0.2) is 64.2 Å². The van der Waals surface area contributed by atoms with Crippen LogP contribution < -0.4 is 11.5 Å². The highest BCUT2D eigenvalue weighted by Crippen LogP contribution is 2.17. The number of halogens is 1. The van der Waals surface area contributed by atoms with Gasteiger partial charge in [0, 0.05) is 0 Å². The average molecular weight is 401 g/mol. The van der Waals surface area contributed by atoms with Gasteiger partial charge >= 0.3 is 0 Å². The zero-order valence-corrected chi connectivity index (χ0v) is 16.9. The molecule has 1 unspecified atom stereocenters. The maximum atomic E-state index is 9.20. The topological polar surface area (TPSA) is 142 Å². The minimum absolute atomic E-state index is 0. The maximum absolute atomic E-state index is 9.20. The van der Waals surface area contributed by atoms with Gasteiger partial charge in [-0.25, -0.2) is 0 Å². The summed E-state index contributed by atoms with van der Waals surface area (Å²) in [7, 11) is 0. The van der Waals surface area contributed by atoms with Gasteiger partial charge in [-0.05, 0) is 13.0 Å². The Morgan fingerprint density at radius 3 is 1.69 bits per heavy atom. The fraction of sp³-hybridized carbons (Fsp3) is 1.00. The van der Waals surface area contributed by atoms with Crippen LogP contribution in [0.5, 0.6) is 0 Å². The summed E-state index contributed by atoms with van der Waals surface area (Å²) in [4.78, 5) is 0. The third kappa shape index (κ3) is 12.4. The van der Waals surface area contributed by atoms with Gasteiger partial charge in [-0.1, -0.05) is 64.7 Å². The van der Waals surface area contributed by atoms with E-state index in [1.54, 1.807) is 0 Å². The number of unbranched alkanes of at least 4 members (excludes halogenated alkanes) is 9. The first-order valence-corrected chi connectivity index (χ1v) is 9.75. The van der Waals surface area contributed by atoms with E-state index in [1.807, 2.05) is 0 Å². The fourth-order valence-electron chi connectivity index (χ4n) is 2.75. The number of nitrogens with two attached hydrogens (primary N) is 2. The van der Waals surface area contributed by atoms with Crippen LogP contribution in [-0.2, 0) is 4.74 Å². The van der Waals surface area contributed by atoms with Crippen molar-refractivity contribution in [2.75, 3.05) is 13.2 Å². The van der Waals surface area contributed by atoms with Gasteiger partial charge in [0.2, 0.25) is 0 Å². The van der Waals surface area contributed by atoms with E-state index in [4.69, 9.17) is 26.4 Å². The molecule has 0 saturated carbocycles. The summed E-state index contributed by atoms with van der Waals surface area (Å²) in [5.41, 5.74) is 10.7. The van der Waals surface area contributed by atoms with E-state index in [0.717, 1.165) is 6.54 Å². The lowest BCUT2D eigenvalue weighted by Gasteiger charge is -2.38. The number of rotatable bonds is 11. The van der Waals surface area contributed by atoms with Gasteiger partial charge in [-0.15, -0.1) is 12.4 Å². The Morgan fingerprint density at radius 2 is 1.27 bits per heavy atom. The molecule has 0 aromatic rings. The van der Waals surface area contributed by atoms with E-state index >= 15 is 0 Å². The molecule has 5 atom stereocenters. The minimum Gasteiger partial charge on any atom is -0.394 e. The maximum Gasteiger partial charge on any atom is 0.173 e. The second kappa shape index (κ2) is 18.4. The van der Waals surface area contributed by atoms with Crippen molar-refractivity contribution >= 4 is 12.4 Å². The molecule has 0 radical (unpaired) electrons. The summed E-state index contributed by atoms with van der Waals surface area (Å²) in [5.74, 6) is 0. The third-order valence-electron chi connectivity index (χ3n) is 4.51. The lowest BCUT2D eigenvalue weighted by atomic mass is 9.98. The minimum atomic E-state index is -1.35. The summed E-state index contributed by atoms with van der Waals surface area (Å²) in [6.07, 6.45) is 9.08. The summed E-state index contributed by atoms with van der Waals surface area (Å²) in [6, 6.07) is -1.04. The summed E-state index contributed by atoms with van der Waals surface area (Å²) in [6.45, 7) is 2.67. The van der Waals surface area contributed by atoms with Gasteiger partial charge in [0.1, 0.15) is 18.3 Å². The second-order valence-corrected chi connectivity index (χ2v) is 6.78. The lowest BCUT2D eigenvalue weighted by molar-refractivity contribution is -0.248. The highest BCUT2D eigenvalue weighted by Gasteiger charge is 2.41. The van der Waals surface area contributed by atoms with Crippen molar-refractivity contribution in [2.45, 2.75) is 102 Å². The molecule has 8 heteroatoms. The smallest absolute Gasteiger partial charge is 0.173 e. The average Bonchev–Trinajstić information content (AvgIpc) is 2.62. The van der Waals surface area contributed by atoms with E-state index < -0.39 is 37.3 Å². The monoisotopic (exact) mass is 400 g/mol. The highest BCUT2D eigenvalue weighted by atomic mass is 35.5. The Labute approximate surface area is 164 Å². The first-order valence-electron chi connectivity index (χ1n) is 9.75. The Balaban J connectivity index is 0.